The molecule has 0 amide bonds. The number of para-hydroxylation sites is 1. The first-order valence-corrected chi connectivity index (χ1v) is 6.03. The van der Waals surface area contributed by atoms with Crippen molar-refractivity contribution < 1.29 is 4.79 Å². The number of benzene rings is 1. The number of hydrogen-bond acceptors (Lipinski definition) is 3. The fraction of sp³-hybridized carbons (Fsp3) is 0.286. The summed E-state index contributed by atoms with van der Waals surface area (Å²) in [6.07, 6.45) is 3.03. The average Bonchev–Trinajstić information content (AvgIpc) is 2.81. The normalized spacial score (nSPS) is 10.3. The summed E-state index contributed by atoms with van der Waals surface area (Å²) in [4.78, 5) is 11.7. The summed E-state index contributed by atoms with van der Waals surface area (Å²) in [5.74, 6) is 0.208. The topological polar surface area (TPSA) is 46.9 Å². The van der Waals surface area contributed by atoms with Crippen molar-refractivity contribution in [2.45, 2.75) is 12.8 Å². The molecule has 1 aromatic carbocycles. The van der Waals surface area contributed by atoms with E-state index in [0.29, 0.717) is 13.0 Å². The Hall–Kier alpha value is -2.10. The standard InChI is InChI=1S/C14H17N3O/c1-17-13(9-10-16-17)7-8-14(18)11-15-12-5-3-2-4-6-12/h2-6,9-10,15H,7-8,11H2,1H3. The minimum absolute atomic E-state index is 0.208. The molecule has 0 atom stereocenters. The minimum atomic E-state index is 0.208. The van der Waals surface area contributed by atoms with Crippen molar-refractivity contribution in [3.8, 4) is 0 Å². The van der Waals surface area contributed by atoms with Crippen LogP contribution in [0.2, 0.25) is 0 Å². The summed E-state index contributed by atoms with van der Waals surface area (Å²) in [5, 5.41) is 7.20. The molecule has 1 heterocycles. The lowest BCUT2D eigenvalue weighted by Crippen LogP contribution is -2.14. The number of nitrogens with zero attached hydrogens (tertiary/aromatic N) is 2. The van der Waals surface area contributed by atoms with Crippen molar-refractivity contribution >= 4 is 11.5 Å². The molecule has 0 saturated carbocycles. The maximum absolute atomic E-state index is 11.7. The molecule has 0 saturated heterocycles. The zero-order valence-corrected chi connectivity index (χ0v) is 10.5. The molecule has 0 aliphatic rings. The highest BCUT2D eigenvalue weighted by Crippen LogP contribution is 2.05. The zero-order chi connectivity index (χ0) is 12.8. The quantitative estimate of drug-likeness (QED) is 0.844. The number of carbonyl (C=O) groups is 1. The number of ketones is 1. The fourth-order valence-corrected chi connectivity index (χ4v) is 1.76. The molecule has 0 bridgehead atoms. The molecule has 4 nitrogen and oxygen atoms in total. The smallest absolute Gasteiger partial charge is 0.152 e. The third-order valence-corrected chi connectivity index (χ3v) is 2.85. The summed E-state index contributed by atoms with van der Waals surface area (Å²) in [5.41, 5.74) is 2.06. The second kappa shape index (κ2) is 6.00. The summed E-state index contributed by atoms with van der Waals surface area (Å²) in [7, 11) is 1.89. The molecule has 0 radical (unpaired) electrons. The highest BCUT2D eigenvalue weighted by Gasteiger charge is 2.04. The van der Waals surface area contributed by atoms with Gasteiger partial charge in [-0.3, -0.25) is 9.48 Å². The van der Waals surface area contributed by atoms with Crippen LogP contribution in [0.3, 0.4) is 0 Å². The summed E-state index contributed by atoms with van der Waals surface area (Å²) >= 11 is 0. The van der Waals surface area contributed by atoms with E-state index in [4.69, 9.17) is 0 Å². The van der Waals surface area contributed by atoms with Gasteiger partial charge in [0.25, 0.3) is 0 Å². The van der Waals surface area contributed by atoms with Gasteiger partial charge in [-0.1, -0.05) is 18.2 Å². The Morgan fingerprint density at radius 2 is 2.06 bits per heavy atom. The number of carbonyl (C=O) groups excluding carboxylic acids is 1. The molecule has 0 aliphatic carbocycles. The van der Waals surface area contributed by atoms with Crippen molar-refractivity contribution in [2.75, 3.05) is 11.9 Å². The molecule has 0 aliphatic heterocycles. The van der Waals surface area contributed by atoms with Crippen LogP contribution in [0.4, 0.5) is 5.69 Å². The average molecular weight is 243 g/mol. The number of hydrogen-bond donors (Lipinski definition) is 1. The van der Waals surface area contributed by atoms with Gasteiger partial charge < -0.3 is 5.32 Å². The van der Waals surface area contributed by atoms with E-state index < -0.39 is 0 Å². The molecular formula is C14H17N3O. The van der Waals surface area contributed by atoms with Crippen molar-refractivity contribution in [1.29, 1.82) is 0 Å². The van der Waals surface area contributed by atoms with Gasteiger partial charge in [-0.25, -0.2) is 0 Å². The number of anilines is 1. The first kappa shape index (κ1) is 12.4. The Bertz CT molecular complexity index is 505. The van der Waals surface area contributed by atoms with Gasteiger partial charge in [0.1, 0.15) is 0 Å². The van der Waals surface area contributed by atoms with Crippen molar-refractivity contribution in [2.24, 2.45) is 7.05 Å². The molecular weight excluding hydrogens is 226 g/mol. The molecule has 0 unspecified atom stereocenters. The van der Waals surface area contributed by atoms with Crippen LogP contribution in [0, 0.1) is 0 Å². The number of aromatic nitrogens is 2. The van der Waals surface area contributed by atoms with Crippen LogP contribution in [0.5, 0.6) is 0 Å². The van der Waals surface area contributed by atoms with Gasteiger partial charge in [0.2, 0.25) is 0 Å². The van der Waals surface area contributed by atoms with E-state index in [1.165, 1.54) is 0 Å². The molecule has 2 rings (SSSR count). The minimum Gasteiger partial charge on any atom is -0.378 e. The van der Waals surface area contributed by atoms with Crippen molar-refractivity contribution in [3.05, 3.63) is 48.3 Å². The van der Waals surface area contributed by atoms with Gasteiger partial charge in [-0.05, 0) is 24.6 Å². The molecule has 1 N–H and O–H groups in total. The number of Topliss-reactive ketones (excluding diaryl/α,β-unsaturated/α-hetero) is 1. The maximum atomic E-state index is 11.7. The van der Waals surface area contributed by atoms with Gasteiger partial charge in [-0.2, -0.15) is 5.10 Å². The maximum Gasteiger partial charge on any atom is 0.152 e. The number of nitrogens with one attached hydrogen (secondary N) is 1. The van der Waals surface area contributed by atoms with Crippen LogP contribution < -0.4 is 5.32 Å². The van der Waals surface area contributed by atoms with E-state index in [9.17, 15) is 4.79 Å². The van der Waals surface area contributed by atoms with Crippen LogP contribution in [-0.4, -0.2) is 22.1 Å². The van der Waals surface area contributed by atoms with Gasteiger partial charge in [0.05, 0.1) is 6.54 Å². The Balaban J connectivity index is 1.75. The SMILES string of the molecule is Cn1nccc1CCC(=O)CNc1ccccc1. The number of rotatable bonds is 6. The molecule has 0 spiro atoms. The Labute approximate surface area is 107 Å². The van der Waals surface area contributed by atoms with Gasteiger partial charge in [0, 0.05) is 31.0 Å². The lowest BCUT2D eigenvalue weighted by atomic mass is 10.1. The van der Waals surface area contributed by atoms with Gasteiger partial charge in [0.15, 0.2) is 5.78 Å². The van der Waals surface area contributed by atoms with Crippen LogP contribution in [-0.2, 0) is 18.3 Å². The second-order valence-corrected chi connectivity index (χ2v) is 4.20. The third-order valence-electron chi connectivity index (χ3n) is 2.85. The van der Waals surface area contributed by atoms with E-state index in [2.05, 4.69) is 10.4 Å². The summed E-state index contributed by atoms with van der Waals surface area (Å²) in [6.45, 7) is 0.377. The predicted octanol–water partition coefficient (Wildman–Crippen LogP) is 2.03. The first-order chi connectivity index (χ1) is 8.75. The highest BCUT2D eigenvalue weighted by molar-refractivity contribution is 5.83. The van der Waals surface area contributed by atoms with Crippen LogP contribution in [0.25, 0.3) is 0 Å². The molecule has 4 heteroatoms. The summed E-state index contributed by atoms with van der Waals surface area (Å²) < 4.78 is 1.80. The lowest BCUT2D eigenvalue weighted by Gasteiger charge is -2.05. The largest absolute Gasteiger partial charge is 0.378 e. The van der Waals surface area contributed by atoms with E-state index in [0.717, 1.165) is 17.8 Å². The van der Waals surface area contributed by atoms with Gasteiger partial charge in [-0.15, -0.1) is 0 Å². The van der Waals surface area contributed by atoms with Crippen molar-refractivity contribution in [3.63, 3.8) is 0 Å². The molecule has 1 aromatic heterocycles. The highest BCUT2D eigenvalue weighted by atomic mass is 16.1. The molecule has 94 valence electrons. The van der Waals surface area contributed by atoms with E-state index in [-0.39, 0.29) is 5.78 Å². The lowest BCUT2D eigenvalue weighted by molar-refractivity contribution is -0.117. The van der Waals surface area contributed by atoms with Crippen LogP contribution >= 0.6 is 0 Å². The van der Waals surface area contributed by atoms with Crippen molar-refractivity contribution in [1.82, 2.24) is 9.78 Å². The number of aryl methyl sites for hydroxylation is 2. The Kier molecular flexibility index (Phi) is 4.12. The monoisotopic (exact) mass is 243 g/mol. The van der Waals surface area contributed by atoms with Crippen LogP contribution in [0.1, 0.15) is 12.1 Å². The van der Waals surface area contributed by atoms with E-state index >= 15 is 0 Å². The third kappa shape index (κ3) is 3.45. The fourth-order valence-electron chi connectivity index (χ4n) is 1.76. The molecule has 18 heavy (non-hydrogen) atoms. The second-order valence-electron chi connectivity index (χ2n) is 4.20. The van der Waals surface area contributed by atoms with Gasteiger partial charge >= 0.3 is 0 Å². The Morgan fingerprint density at radius 3 is 2.72 bits per heavy atom. The Morgan fingerprint density at radius 1 is 1.28 bits per heavy atom. The molecule has 0 fully saturated rings. The van der Waals surface area contributed by atoms with Crippen LogP contribution in [0.15, 0.2) is 42.6 Å². The molecule has 2 aromatic rings. The summed E-state index contributed by atoms with van der Waals surface area (Å²) in [6, 6.07) is 11.7. The first-order valence-electron chi connectivity index (χ1n) is 6.03. The van der Waals surface area contributed by atoms with E-state index in [1.807, 2.05) is 43.4 Å². The zero-order valence-electron chi connectivity index (χ0n) is 10.5. The van der Waals surface area contributed by atoms with E-state index in [1.54, 1.807) is 10.9 Å². The predicted molar refractivity (Wildman–Crippen MR) is 71.5 cm³/mol.